The lowest BCUT2D eigenvalue weighted by Gasteiger charge is -2.13. The van der Waals surface area contributed by atoms with Gasteiger partial charge in [0.2, 0.25) is 0 Å². The van der Waals surface area contributed by atoms with Crippen molar-refractivity contribution in [2.24, 2.45) is 5.92 Å². The van der Waals surface area contributed by atoms with Crippen LogP contribution in [0.2, 0.25) is 0 Å². The van der Waals surface area contributed by atoms with Gasteiger partial charge in [-0.2, -0.15) is 0 Å². The summed E-state index contributed by atoms with van der Waals surface area (Å²) in [6.07, 6.45) is 12.0. The Bertz CT molecular complexity index is 266. The van der Waals surface area contributed by atoms with Crippen LogP contribution in [0.15, 0.2) is 37.2 Å². The maximum atomic E-state index is 4.03. The quantitative estimate of drug-likeness (QED) is 0.610. The van der Waals surface area contributed by atoms with Gasteiger partial charge in [0, 0.05) is 12.4 Å². The SMILES string of the molecule is C=CCC(CCC)CCc1ccncc1. The Labute approximate surface area is 93.2 Å². The highest BCUT2D eigenvalue weighted by molar-refractivity contribution is 5.09. The molecule has 0 saturated heterocycles. The van der Waals surface area contributed by atoms with E-state index in [4.69, 9.17) is 0 Å². The van der Waals surface area contributed by atoms with Crippen LogP contribution < -0.4 is 0 Å². The van der Waals surface area contributed by atoms with Gasteiger partial charge in [0.25, 0.3) is 0 Å². The van der Waals surface area contributed by atoms with E-state index in [9.17, 15) is 0 Å². The third kappa shape index (κ3) is 4.78. The van der Waals surface area contributed by atoms with E-state index in [1.165, 1.54) is 31.2 Å². The van der Waals surface area contributed by atoms with Crippen molar-refractivity contribution in [3.63, 3.8) is 0 Å². The van der Waals surface area contributed by atoms with Crippen molar-refractivity contribution in [2.75, 3.05) is 0 Å². The normalized spacial score (nSPS) is 12.3. The predicted octanol–water partition coefficient (Wildman–Crippen LogP) is 4.01. The zero-order valence-electron chi connectivity index (χ0n) is 9.65. The Hall–Kier alpha value is -1.11. The number of hydrogen-bond acceptors (Lipinski definition) is 1. The fourth-order valence-electron chi connectivity index (χ4n) is 1.94. The standard InChI is InChI=1S/C14H21N/c1-3-5-13(6-4-2)7-8-14-9-11-15-12-10-14/h3,9-13H,1,4-8H2,2H3. The second-order valence-corrected chi connectivity index (χ2v) is 4.07. The second kappa shape index (κ2) is 7.22. The molecule has 0 spiro atoms. The van der Waals surface area contributed by atoms with Crippen molar-refractivity contribution in [3.8, 4) is 0 Å². The summed E-state index contributed by atoms with van der Waals surface area (Å²) in [7, 11) is 0. The van der Waals surface area contributed by atoms with Crippen molar-refractivity contribution in [3.05, 3.63) is 42.7 Å². The summed E-state index contributed by atoms with van der Waals surface area (Å²) in [6, 6.07) is 4.22. The van der Waals surface area contributed by atoms with E-state index in [2.05, 4.69) is 30.6 Å². The van der Waals surface area contributed by atoms with E-state index in [0.717, 1.165) is 12.3 Å². The van der Waals surface area contributed by atoms with Crippen LogP contribution in [0.25, 0.3) is 0 Å². The Morgan fingerprint density at radius 3 is 2.67 bits per heavy atom. The molecule has 0 bridgehead atoms. The molecule has 1 nitrogen and oxygen atoms in total. The fraction of sp³-hybridized carbons (Fsp3) is 0.500. The molecule has 0 aromatic carbocycles. The minimum Gasteiger partial charge on any atom is -0.265 e. The van der Waals surface area contributed by atoms with Gasteiger partial charge < -0.3 is 0 Å². The van der Waals surface area contributed by atoms with Crippen molar-refractivity contribution in [1.29, 1.82) is 0 Å². The summed E-state index contributed by atoms with van der Waals surface area (Å²) in [5.41, 5.74) is 1.40. The van der Waals surface area contributed by atoms with Crippen molar-refractivity contribution in [2.45, 2.75) is 39.0 Å². The summed E-state index contributed by atoms with van der Waals surface area (Å²) in [5, 5.41) is 0. The molecule has 0 aliphatic carbocycles. The molecule has 1 heterocycles. The number of aryl methyl sites for hydroxylation is 1. The number of rotatable bonds is 7. The van der Waals surface area contributed by atoms with Crippen LogP contribution >= 0.6 is 0 Å². The molecule has 1 aromatic heterocycles. The zero-order valence-corrected chi connectivity index (χ0v) is 9.65. The number of aromatic nitrogens is 1. The molecule has 1 heteroatoms. The lowest BCUT2D eigenvalue weighted by Crippen LogP contribution is -2.01. The topological polar surface area (TPSA) is 12.9 Å². The van der Waals surface area contributed by atoms with Gasteiger partial charge in [-0.3, -0.25) is 4.98 Å². The van der Waals surface area contributed by atoms with Crippen LogP contribution in [-0.4, -0.2) is 4.98 Å². The average molecular weight is 203 g/mol. The monoisotopic (exact) mass is 203 g/mol. The van der Waals surface area contributed by atoms with E-state index in [1.54, 1.807) is 0 Å². The van der Waals surface area contributed by atoms with Gasteiger partial charge >= 0.3 is 0 Å². The summed E-state index contributed by atoms with van der Waals surface area (Å²) in [6.45, 7) is 6.08. The highest BCUT2D eigenvalue weighted by Crippen LogP contribution is 2.18. The van der Waals surface area contributed by atoms with Crippen molar-refractivity contribution < 1.29 is 0 Å². The highest BCUT2D eigenvalue weighted by atomic mass is 14.6. The smallest absolute Gasteiger partial charge is 0.0270 e. The molecular formula is C14H21N. The molecule has 0 radical (unpaired) electrons. The number of nitrogens with zero attached hydrogens (tertiary/aromatic N) is 1. The largest absolute Gasteiger partial charge is 0.265 e. The van der Waals surface area contributed by atoms with Gasteiger partial charge in [0.1, 0.15) is 0 Å². The molecule has 0 N–H and O–H groups in total. The number of pyridine rings is 1. The molecule has 1 unspecified atom stereocenters. The van der Waals surface area contributed by atoms with Gasteiger partial charge in [-0.1, -0.05) is 25.8 Å². The molecule has 15 heavy (non-hydrogen) atoms. The highest BCUT2D eigenvalue weighted by Gasteiger charge is 2.05. The van der Waals surface area contributed by atoms with Crippen molar-refractivity contribution >= 4 is 0 Å². The zero-order chi connectivity index (χ0) is 10.9. The molecule has 82 valence electrons. The lowest BCUT2D eigenvalue weighted by molar-refractivity contribution is 0.451. The molecule has 0 aliphatic rings. The third-order valence-electron chi connectivity index (χ3n) is 2.79. The Balaban J connectivity index is 2.36. The molecule has 1 aromatic rings. The molecule has 0 aliphatic heterocycles. The first-order valence-corrected chi connectivity index (χ1v) is 5.86. The van der Waals surface area contributed by atoms with Crippen LogP contribution in [-0.2, 0) is 6.42 Å². The Kier molecular flexibility index (Phi) is 5.76. The summed E-state index contributed by atoms with van der Waals surface area (Å²) in [5.74, 6) is 0.806. The van der Waals surface area contributed by atoms with E-state index in [1.807, 2.05) is 18.5 Å². The van der Waals surface area contributed by atoms with E-state index in [0.29, 0.717) is 0 Å². The number of allylic oxidation sites excluding steroid dienone is 1. The maximum Gasteiger partial charge on any atom is 0.0270 e. The van der Waals surface area contributed by atoms with E-state index >= 15 is 0 Å². The van der Waals surface area contributed by atoms with Crippen LogP contribution in [0.1, 0.15) is 38.2 Å². The first kappa shape index (κ1) is 12.0. The van der Waals surface area contributed by atoms with Gasteiger partial charge in [0.05, 0.1) is 0 Å². The summed E-state index contributed by atoms with van der Waals surface area (Å²) in [4.78, 5) is 4.03. The molecular weight excluding hydrogens is 182 g/mol. The number of hydrogen-bond donors (Lipinski definition) is 0. The van der Waals surface area contributed by atoms with Crippen LogP contribution in [0.3, 0.4) is 0 Å². The van der Waals surface area contributed by atoms with Gasteiger partial charge in [-0.15, -0.1) is 6.58 Å². The summed E-state index contributed by atoms with van der Waals surface area (Å²) >= 11 is 0. The lowest BCUT2D eigenvalue weighted by atomic mass is 9.93. The Morgan fingerprint density at radius 2 is 2.07 bits per heavy atom. The van der Waals surface area contributed by atoms with Gasteiger partial charge in [-0.25, -0.2) is 0 Å². The molecule has 1 atom stereocenters. The van der Waals surface area contributed by atoms with Gasteiger partial charge in [0.15, 0.2) is 0 Å². The van der Waals surface area contributed by atoms with E-state index in [-0.39, 0.29) is 0 Å². The third-order valence-corrected chi connectivity index (χ3v) is 2.79. The van der Waals surface area contributed by atoms with Crippen LogP contribution in [0.4, 0.5) is 0 Å². The van der Waals surface area contributed by atoms with Crippen LogP contribution in [0, 0.1) is 5.92 Å². The average Bonchev–Trinajstić information content (AvgIpc) is 2.28. The minimum absolute atomic E-state index is 0.806. The molecule has 1 rings (SSSR count). The minimum atomic E-state index is 0.806. The fourth-order valence-corrected chi connectivity index (χ4v) is 1.94. The molecule has 0 amide bonds. The second-order valence-electron chi connectivity index (χ2n) is 4.07. The van der Waals surface area contributed by atoms with E-state index < -0.39 is 0 Å². The van der Waals surface area contributed by atoms with Crippen LogP contribution in [0.5, 0.6) is 0 Å². The maximum absolute atomic E-state index is 4.03. The molecule has 0 saturated carbocycles. The van der Waals surface area contributed by atoms with Gasteiger partial charge in [-0.05, 0) is 42.9 Å². The Morgan fingerprint density at radius 1 is 1.33 bits per heavy atom. The van der Waals surface area contributed by atoms with Crippen molar-refractivity contribution in [1.82, 2.24) is 4.98 Å². The predicted molar refractivity (Wildman–Crippen MR) is 65.8 cm³/mol. The molecule has 0 fully saturated rings. The summed E-state index contributed by atoms with van der Waals surface area (Å²) < 4.78 is 0. The first-order valence-electron chi connectivity index (χ1n) is 5.86. The first-order chi connectivity index (χ1) is 7.36.